The van der Waals surface area contributed by atoms with E-state index in [-0.39, 0.29) is 0 Å². The lowest BCUT2D eigenvalue weighted by molar-refractivity contribution is -0.137. The maximum Gasteiger partial charge on any atom is 0.416 e. The van der Waals surface area contributed by atoms with Crippen LogP contribution in [0.3, 0.4) is 0 Å². The molecule has 0 unspecified atom stereocenters. The van der Waals surface area contributed by atoms with Crippen molar-refractivity contribution in [3.63, 3.8) is 0 Å². The molecule has 0 spiro atoms. The zero-order valence-corrected chi connectivity index (χ0v) is 10.6. The SMILES string of the molecule is O=[C]NCCCCCCc1cccc(C(F)(F)F)c1. The normalized spacial score (nSPS) is 11.3. The monoisotopic (exact) mass is 272 g/mol. The minimum atomic E-state index is -4.27. The van der Waals surface area contributed by atoms with Crippen molar-refractivity contribution in [2.45, 2.75) is 38.3 Å². The lowest BCUT2D eigenvalue weighted by Gasteiger charge is -2.08. The van der Waals surface area contributed by atoms with Gasteiger partial charge in [0.1, 0.15) is 0 Å². The Hall–Kier alpha value is -1.52. The first-order chi connectivity index (χ1) is 9.04. The van der Waals surface area contributed by atoms with E-state index in [1.807, 2.05) is 0 Å². The van der Waals surface area contributed by atoms with Crippen molar-refractivity contribution in [1.82, 2.24) is 5.32 Å². The van der Waals surface area contributed by atoms with Gasteiger partial charge in [0.25, 0.3) is 0 Å². The molecular weight excluding hydrogens is 255 g/mol. The second-order valence-corrected chi connectivity index (χ2v) is 4.39. The summed E-state index contributed by atoms with van der Waals surface area (Å²) in [5.74, 6) is 0. The molecule has 0 atom stereocenters. The van der Waals surface area contributed by atoms with E-state index in [1.165, 1.54) is 12.1 Å². The number of benzene rings is 1. The van der Waals surface area contributed by atoms with Crippen molar-refractivity contribution in [3.05, 3.63) is 35.4 Å². The second kappa shape index (κ2) is 7.81. The van der Waals surface area contributed by atoms with Crippen molar-refractivity contribution in [2.75, 3.05) is 6.54 Å². The van der Waals surface area contributed by atoms with Gasteiger partial charge in [0, 0.05) is 6.54 Å². The molecule has 0 aliphatic carbocycles. The third-order valence-electron chi connectivity index (χ3n) is 2.84. The van der Waals surface area contributed by atoms with Crippen LogP contribution in [-0.4, -0.2) is 13.0 Å². The van der Waals surface area contributed by atoms with Crippen LogP contribution >= 0.6 is 0 Å². The summed E-state index contributed by atoms with van der Waals surface area (Å²) >= 11 is 0. The Labute approximate surface area is 111 Å². The summed E-state index contributed by atoms with van der Waals surface area (Å²) in [4.78, 5) is 9.86. The van der Waals surface area contributed by atoms with E-state index < -0.39 is 11.7 Å². The molecule has 1 aromatic carbocycles. The van der Waals surface area contributed by atoms with Crippen LogP contribution in [0.4, 0.5) is 13.2 Å². The van der Waals surface area contributed by atoms with E-state index >= 15 is 0 Å². The number of rotatable bonds is 8. The fraction of sp³-hybridized carbons (Fsp3) is 0.500. The molecule has 1 rings (SSSR count). The van der Waals surface area contributed by atoms with Gasteiger partial charge in [-0.25, -0.2) is 0 Å². The van der Waals surface area contributed by atoms with Crippen LogP contribution in [0.15, 0.2) is 24.3 Å². The number of hydrogen-bond donors (Lipinski definition) is 1. The summed E-state index contributed by atoms with van der Waals surface area (Å²) in [5, 5.41) is 2.45. The highest BCUT2D eigenvalue weighted by molar-refractivity contribution is 5.46. The van der Waals surface area contributed by atoms with Gasteiger partial charge in [-0.1, -0.05) is 31.0 Å². The van der Waals surface area contributed by atoms with E-state index in [4.69, 9.17) is 0 Å². The van der Waals surface area contributed by atoms with E-state index in [0.717, 1.165) is 31.7 Å². The topological polar surface area (TPSA) is 29.1 Å². The summed E-state index contributed by atoms with van der Waals surface area (Å²) in [6.07, 6.45) is 1.60. The zero-order valence-electron chi connectivity index (χ0n) is 10.6. The fourth-order valence-electron chi connectivity index (χ4n) is 1.85. The van der Waals surface area contributed by atoms with Crippen LogP contribution < -0.4 is 5.32 Å². The van der Waals surface area contributed by atoms with Crippen LogP contribution in [-0.2, 0) is 17.4 Å². The van der Waals surface area contributed by atoms with Gasteiger partial charge in [-0.2, -0.15) is 13.2 Å². The number of hydrogen-bond acceptors (Lipinski definition) is 1. The van der Waals surface area contributed by atoms with Crippen LogP contribution in [0.25, 0.3) is 0 Å². The van der Waals surface area contributed by atoms with E-state index in [2.05, 4.69) is 5.32 Å². The third kappa shape index (κ3) is 6.27. The molecule has 0 aromatic heterocycles. The van der Waals surface area contributed by atoms with Crippen LogP contribution in [0, 0.1) is 0 Å². The average molecular weight is 272 g/mol. The number of nitrogens with one attached hydrogen (secondary N) is 1. The molecule has 1 N–H and O–H groups in total. The molecule has 0 fully saturated rings. The number of unbranched alkanes of at least 4 members (excludes halogenated alkanes) is 3. The molecule has 0 saturated carbocycles. The maximum absolute atomic E-state index is 12.5. The van der Waals surface area contributed by atoms with Crippen molar-refractivity contribution >= 4 is 6.41 Å². The van der Waals surface area contributed by atoms with Gasteiger partial charge in [-0.05, 0) is 30.9 Å². The van der Waals surface area contributed by atoms with E-state index in [0.29, 0.717) is 18.5 Å². The Balaban J connectivity index is 2.28. The molecule has 2 nitrogen and oxygen atoms in total. The number of carbonyl (C=O) groups excluding carboxylic acids is 1. The van der Waals surface area contributed by atoms with Crippen molar-refractivity contribution in [1.29, 1.82) is 0 Å². The summed E-state index contributed by atoms with van der Waals surface area (Å²) in [6.45, 7) is 0.604. The van der Waals surface area contributed by atoms with Crippen molar-refractivity contribution < 1.29 is 18.0 Å². The van der Waals surface area contributed by atoms with Gasteiger partial charge in [-0.3, -0.25) is 4.79 Å². The summed E-state index contributed by atoms with van der Waals surface area (Å²) in [6, 6.07) is 5.47. The highest BCUT2D eigenvalue weighted by atomic mass is 19.4. The van der Waals surface area contributed by atoms with Crippen LogP contribution in [0.5, 0.6) is 0 Å². The lowest BCUT2D eigenvalue weighted by atomic mass is 10.0. The molecule has 5 heteroatoms. The molecule has 1 radical (unpaired) electrons. The predicted molar refractivity (Wildman–Crippen MR) is 67.3 cm³/mol. The molecule has 1 aromatic rings. The summed E-state index contributed by atoms with van der Waals surface area (Å²) in [7, 11) is 0. The van der Waals surface area contributed by atoms with E-state index in [1.54, 1.807) is 12.5 Å². The lowest BCUT2D eigenvalue weighted by Crippen LogP contribution is -2.11. The van der Waals surface area contributed by atoms with Crippen molar-refractivity contribution in [2.24, 2.45) is 0 Å². The average Bonchev–Trinajstić information content (AvgIpc) is 2.37. The predicted octanol–water partition coefficient (Wildman–Crippen LogP) is 3.47. The summed E-state index contributed by atoms with van der Waals surface area (Å²) in [5.41, 5.74) is 0.130. The minimum Gasteiger partial charge on any atom is -0.348 e. The molecule has 1 amide bonds. The molecule has 105 valence electrons. The first-order valence-electron chi connectivity index (χ1n) is 6.30. The van der Waals surface area contributed by atoms with E-state index in [9.17, 15) is 18.0 Å². The van der Waals surface area contributed by atoms with Gasteiger partial charge in [0.05, 0.1) is 5.56 Å². The molecule has 0 saturated heterocycles. The molecular formula is C14H17F3NO. The highest BCUT2D eigenvalue weighted by Crippen LogP contribution is 2.29. The molecule has 0 bridgehead atoms. The number of aryl methyl sites for hydroxylation is 1. The van der Waals surface area contributed by atoms with Gasteiger partial charge >= 0.3 is 12.6 Å². The van der Waals surface area contributed by atoms with Gasteiger partial charge in [0.15, 0.2) is 0 Å². The number of halogens is 3. The van der Waals surface area contributed by atoms with Gasteiger partial charge < -0.3 is 5.32 Å². The Kier molecular flexibility index (Phi) is 6.39. The van der Waals surface area contributed by atoms with Crippen LogP contribution in [0.2, 0.25) is 0 Å². The van der Waals surface area contributed by atoms with Gasteiger partial charge in [-0.15, -0.1) is 0 Å². The minimum absolute atomic E-state index is 0.587. The first kappa shape index (κ1) is 15.5. The number of amides is 1. The Morgan fingerprint density at radius 1 is 1.11 bits per heavy atom. The Morgan fingerprint density at radius 2 is 1.84 bits per heavy atom. The summed E-state index contributed by atoms with van der Waals surface area (Å²) < 4.78 is 37.5. The largest absolute Gasteiger partial charge is 0.416 e. The Bertz CT molecular complexity index is 391. The zero-order chi connectivity index (χ0) is 14.1. The molecule has 19 heavy (non-hydrogen) atoms. The first-order valence-corrected chi connectivity index (χ1v) is 6.30. The quantitative estimate of drug-likeness (QED) is 0.570. The van der Waals surface area contributed by atoms with Gasteiger partial charge in [0.2, 0.25) is 0 Å². The fourth-order valence-corrected chi connectivity index (χ4v) is 1.85. The van der Waals surface area contributed by atoms with Crippen molar-refractivity contribution in [3.8, 4) is 0 Å². The molecule has 0 aliphatic heterocycles. The Morgan fingerprint density at radius 3 is 2.53 bits per heavy atom. The smallest absolute Gasteiger partial charge is 0.348 e. The highest BCUT2D eigenvalue weighted by Gasteiger charge is 2.30. The standard InChI is InChI=1S/C14H17F3NO/c15-14(16,17)13-8-5-7-12(10-13)6-3-1-2-4-9-18-11-19/h5,7-8,10H,1-4,6,9H2,(H,18,19). The molecule has 0 heterocycles. The maximum atomic E-state index is 12.5. The third-order valence-corrected chi connectivity index (χ3v) is 2.84. The molecule has 0 aliphatic rings. The second-order valence-electron chi connectivity index (χ2n) is 4.39. The number of alkyl halides is 3. The van der Waals surface area contributed by atoms with Crippen LogP contribution in [0.1, 0.15) is 36.8 Å².